The molecule has 2 aromatic rings. The smallest absolute Gasteiger partial charge is 0.227 e. The first-order valence-electron chi connectivity index (χ1n) is 10.1. The van der Waals surface area contributed by atoms with Crippen LogP contribution in [-0.4, -0.2) is 52.3 Å². The second kappa shape index (κ2) is 7.37. The van der Waals surface area contributed by atoms with Crippen molar-refractivity contribution < 1.29 is 9.59 Å². The first-order chi connectivity index (χ1) is 13.0. The average Bonchev–Trinajstić information content (AvgIpc) is 3.41. The predicted molar refractivity (Wildman–Crippen MR) is 106 cm³/mol. The van der Waals surface area contributed by atoms with Crippen molar-refractivity contribution in [3.63, 3.8) is 0 Å². The number of fused-ring (bicyclic) bond motifs is 1. The van der Waals surface area contributed by atoms with Gasteiger partial charge >= 0.3 is 0 Å². The van der Waals surface area contributed by atoms with E-state index in [4.69, 9.17) is 0 Å². The van der Waals surface area contributed by atoms with Crippen LogP contribution < -0.4 is 0 Å². The second-order valence-corrected chi connectivity index (χ2v) is 8.43. The van der Waals surface area contributed by atoms with E-state index < -0.39 is 0 Å². The SMILES string of the molecule is CC(C)[C@H]1CN(C(=O)Cc2c[nH]c3ccccc23)CCC(=O)N1CC1CC1. The van der Waals surface area contributed by atoms with Gasteiger partial charge < -0.3 is 14.8 Å². The van der Waals surface area contributed by atoms with Crippen molar-refractivity contribution in [1.82, 2.24) is 14.8 Å². The Morgan fingerprint density at radius 1 is 1.26 bits per heavy atom. The van der Waals surface area contributed by atoms with Crippen LogP contribution in [0, 0.1) is 11.8 Å². The maximum atomic E-state index is 13.1. The molecule has 1 atom stereocenters. The molecule has 1 aromatic carbocycles. The summed E-state index contributed by atoms with van der Waals surface area (Å²) in [7, 11) is 0. The molecular weight excluding hydrogens is 338 g/mol. The molecule has 4 rings (SSSR count). The van der Waals surface area contributed by atoms with Gasteiger partial charge in [0.15, 0.2) is 0 Å². The topological polar surface area (TPSA) is 56.4 Å². The zero-order valence-electron chi connectivity index (χ0n) is 16.3. The minimum atomic E-state index is 0.117. The van der Waals surface area contributed by atoms with E-state index in [0.29, 0.717) is 37.8 Å². The second-order valence-electron chi connectivity index (χ2n) is 8.43. The fourth-order valence-electron chi connectivity index (χ4n) is 4.14. The number of para-hydroxylation sites is 1. The molecular formula is C22H29N3O2. The Bertz CT molecular complexity index is 837. The number of aromatic amines is 1. The van der Waals surface area contributed by atoms with Crippen LogP contribution in [-0.2, 0) is 16.0 Å². The highest BCUT2D eigenvalue weighted by molar-refractivity contribution is 5.89. The minimum absolute atomic E-state index is 0.117. The molecule has 1 saturated carbocycles. The molecule has 1 N–H and O–H groups in total. The summed E-state index contributed by atoms with van der Waals surface area (Å²) >= 11 is 0. The summed E-state index contributed by atoms with van der Waals surface area (Å²) in [6.45, 7) is 6.37. The van der Waals surface area contributed by atoms with Crippen LogP contribution >= 0.6 is 0 Å². The quantitative estimate of drug-likeness (QED) is 0.882. The number of nitrogens with zero attached hydrogens (tertiary/aromatic N) is 2. The van der Waals surface area contributed by atoms with Crippen LogP contribution in [0.15, 0.2) is 30.5 Å². The molecule has 0 spiro atoms. The van der Waals surface area contributed by atoms with E-state index in [2.05, 4.69) is 29.8 Å². The lowest BCUT2D eigenvalue weighted by molar-refractivity contribution is -0.134. The molecule has 1 aliphatic heterocycles. The van der Waals surface area contributed by atoms with Gasteiger partial charge in [-0.2, -0.15) is 0 Å². The molecule has 2 fully saturated rings. The van der Waals surface area contributed by atoms with E-state index in [1.165, 1.54) is 12.8 Å². The van der Waals surface area contributed by atoms with Gasteiger partial charge in [0.05, 0.1) is 12.5 Å². The number of carbonyl (C=O) groups is 2. The van der Waals surface area contributed by atoms with Crippen LogP contribution in [0.2, 0.25) is 0 Å². The average molecular weight is 367 g/mol. The highest BCUT2D eigenvalue weighted by atomic mass is 16.2. The van der Waals surface area contributed by atoms with Gasteiger partial charge in [-0.05, 0) is 36.3 Å². The van der Waals surface area contributed by atoms with Gasteiger partial charge in [0.25, 0.3) is 0 Å². The molecule has 0 radical (unpaired) electrons. The van der Waals surface area contributed by atoms with Crippen molar-refractivity contribution in [3.05, 3.63) is 36.0 Å². The van der Waals surface area contributed by atoms with E-state index in [1.54, 1.807) is 0 Å². The molecule has 5 nitrogen and oxygen atoms in total. The molecule has 5 heteroatoms. The van der Waals surface area contributed by atoms with Crippen LogP contribution in [0.4, 0.5) is 0 Å². The van der Waals surface area contributed by atoms with E-state index in [-0.39, 0.29) is 17.9 Å². The summed E-state index contributed by atoms with van der Waals surface area (Å²) in [6, 6.07) is 8.19. The van der Waals surface area contributed by atoms with Crippen molar-refractivity contribution in [2.24, 2.45) is 11.8 Å². The largest absolute Gasteiger partial charge is 0.361 e. The molecule has 2 aliphatic rings. The Labute approximate surface area is 160 Å². The molecule has 2 amide bonds. The van der Waals surface area contributed by atoms with E-state index >= 15 is 0 Å². The standard InChI is InChI=1S/C22H29N3O2/c1-15(2)20-14-24(10-9-21(26)25(20)13-16-7-8-16)22(27)11-17-12-23-19-6-4-3-5-18(17)19/h3-6,12,15-16,20,23H,7-11,13-14H2,1-2H3/t20-/m1/s1. The van der Waals surface area contributed by atoms with Gasteiger partial charge in [0.1, 0.15) is 0 Å². The fourth-order valence-corrected chi connectivity index (χ4v) is 4.14. The van der Waals surface area contributed by atoms with Gasteiger partial charge in [-0.25, -0.2) is 0 Å². The van der Waals surface area contributed by atoms with E-state index in [9.17, 15) is 9.59 Å². The number of rotatable bonds is 5. The third kappa shape index (κ3) is 3.87. The van der Waals surface area contributed by atoms with E-state index in [1.807, 2.05) is 29.3 Å². The first-order valence-corrected chi connectivity index (χ1v) is 10.1. The summed E-state index contributed by atoms with van der Waals surface area (Å²) in [4.78, 5) is 33.0. The number of aromatic nitrogens is 1. The maximum Gasteiger partial charge on any atom is 0.227 e. The third-order valence-electron chi connectivity index (χ3n) is 6.01. The highest BCUT2D eigenvalue weighted by Gasteiger charge is 2.36. The number of H-pyrrole nitrogens is 1. The van der Waals surface area contributed by atoms with Crippen LogP contribution in [0.1, 0.15) is 38.7 Å². The molecule has 27 heavy (non-hydrogen) atoms. The zero-order valence-corrected chi connectivity index (χ0v) is 16.3. The minimum Gasteiger partial charge on any atom is -0.361 e. The van der Waals surface area contributed by atoms with Gasteiger partial charge in [0, 0.05) is 43.2 Å². The summed E-state index contributed by atoms with van der Waals surface area (Å²) in [5, 5.41) is 1.10. The van der Waals surface area contributed by atoms with Crippen molar-refractivity contribution >= 4 is 22.7 Å². The number of nitrogens with one attached hydrogen (secondary N) is 1. The van der Waals surface area contributed by atoms with Crippen LogP contribution in [0.3, 0.4) is 0 Å². The summed E-state index contributed by atoms with van der Waals surface area (Å²) < 4.78 is 0. The lowest BCUT2D eigenvalue weighted by Gasteiger charge is -2.34. The molecule has 144 valence electrons. The van der Waals surface area contributed by atoms with Crippen molar-refractivity contribution in [2.45, 2.75) is 45.6 Å². The number of amides is 2. The molecule has 0 unspecified atom stereocenters. The van der Waals surface area contributed by atoms with Crippen molar-refractivity contribution in [1.29, 1.82) is 0 Å². The predicted octanol–water partition coefficient (Wildman–Crippen LogP) is 3.21. The van der Waals surface area contributed by atoms with Gasteiger partial charge in [-0.15, -0.1) is 0 Å². The summed E-state index contributed by atoms with van der Waals surface area (Å²) in [5.74, 6) is 1.34. The molecule has 0 bridgehead atoms. The van der Waals surface area contributed by atoms with Crippen LogP contribution in [0.25, 0.3) is 10.9 Å². The number of carbonyl (C=O) groups excluding carboxylic acids is 2. The Kier molecular flexibility index (Phi) is 4.94. The van der Waals surface area contributed by atoms with Gasteiger partial charge in [0.2, 0.25) is 11.8 Å². The molecule has 1 aromatic heterocycles. The normalized spacial score (nSPS) is 21.1. The maximum absolute atomic E-state index is 13.1. The summed E-state index contributed by atoms with van der Waals surface area (Å²) in [5.41, 5.74) is 2.09. The lowest BCUT2D eigenvalue weighted by atomic mass is 10.0. The monoisotopic (exact) mass is 367 g/mol. The molecule has 1 saturated heterocycles. The molecule has 1 aliphatic carbocycles. The van der Waals surface area contributed by atoms with Crippen molar-refractivity contribution in [3.8, 4) is 0 Å². The lowest BCUT2D eigenvalue weighted by Crippen LogP contribution is -2.48. The number of benzene rings is 1. The summed E-state index contributed by atoms with van der Waals surface area (Å²) in [6.07, 6.45) is 5.22. The Morgan fingerprint density at radius 2 is 2.04 bits per heavy atom. The fraction of sp³-hybridized carbons (Fsp3) is 0.545. The number of hydrogen-bond donors (Lipinski definition) is 1. The van der Waals surface area contributed by atoms with Gasteiger partial charge in [-0.3, -0.25) is 9.59 Å². The number of hydrogen-bond acceptors (Lipinski definition) is 2. The Balaban J connectivity index is 1.50. The Hall–Kier alpha value is -2.30. The zero-order chi connectivity index (χ0) is 19.0. The van der Waals surface area contributed by atoms with Gasteiger partial charge in [-0.1, -0.05) is 32.0 Å². The highest BCUT2D eigenvalue weighted by Crippen LogP contribution is 2.32. The first kappa shape index (κ1) is 18.1. The Morgan fingerprint density at radius 3 is 2.78 bits per heavy atom. The van der Waals surface area contributed by atoms with Crippen LogP contribution in [0.5, 0.6) is 0 Å². The molecule has 2 heterocycles. The van der Waals surface area contributed by atoms with Crippen molar-refractivity contribution in [2.75, 3.05) is 19.6 Å². The third-order valence-corrected chi connectivity index (χ3v) is 6.01. The van der Waals surface area contributed by atoms with E-state index in [0.717, 1.165) is 23.0 Å².